The van der Waals surface area contributed by atoms with Gasteiger partial charge in [0.05, 0.1) is 0 Å². The Morgan fingerprint density at radius 1 is 1.00 bits per heavy atom. The quantitative estimate of drug-likeness (QED) is 0.644. The van der Waals surface area contributed by atoms with E-state index in [1.165, 1.54) is 10.5 Å². The Morgan fingerprint density at radius 3 is 2.56 bits per heavy atom. The molecule has 0 amide bonds. The first-order valence-corrected chi connectivity index (χ1v) is 7.38. The van der Waals surface area contributed by atoms with Crippen molar-refractivity contribution < 1.29 is 0 Å². The van der Waals surface area contributed by atoms with Crippen LogP contribution in [0.25, 0.3) is 10.2 Å². The molecule has 0 fully saturated rings. The molecule has 4 heteroatoms. The molecular weight excluding hydrogens is 260 g/mol. The first-order valence-electron chi connectivity index (χ1n) is 5.69. The van der Waals surface area contributed by atoms with Gasteiger partial charge in [-0.15, -0.1) is 11.3 Å². The summed E-state index contributed by atoms with van der Waals surface area (Å²) in [5.41, 5.74) is 1.28. The number of hydrogen-bond acceptors (Lipinski definition) is 4. The molecule has 0 unspecified atom stereocenters. The molecule has 2 nitrogen and oxygen atoms in total. The third-order valence-electron chi connectivity index (χ3n) is 2.64. The van der Waals surface area contributed by atoms with Crippen molar-refractivity contribution >= 4 is 33.3 Å². The Hall–Kier alpha value is -1.39. The molecular formula is C14H12N2S2. The van der Waals surface area contributed by atoms with Crippen LogP contribution < -0.4 is 0 Å². The summed E-state index contributed by atoms with van der Waals surface area (Å²) in [5.74, 6) is 0.833. The molecule has 0 aliphatic rings. The molecule has 0 aliphatic carbocycles. The predicted molar refractivity (Wildman–Crippen MR) is 77.5 cm³/mol. The average molecular weight is 272 g/mol. The monoisotopic (exact) mass is 272 g/mol. The van der Waals surface area contributed by atoms with Gasteiger partial charge in [-0.25, -0.2) is 9.97 Å². The summed E-state index contributed by atoms with van der Waals surface area (Å²) in [4.78, 5) is 11.3. The molecule has 2 aromatic heterocycles. The highest BCUT2D eigenvalue weighted by atomic mass is 32.2. The molecule has 3 rings (SSSR count). The fourth-order valence-corrected chi connectivity index (χ4v) is 3.55. The summed E-state index contributed by atoms with van der Waals surface area (Å²) in [6.07, 6.45) is 0. The van der Waals surface area contributed by atoms with Crippen LogP contribution in [0.15, 0.2) is 45.6 Å². The minimum atomic E-state index is 0.833. The highest BCUT2D eigenvalue weighted by Crippen LogP contribution is 2.33. The van der Waals surface area contributed by atoms with Crippen LogP contribution in [-0.4, -0.2) is 9.97 Å². The SMILES string of the molecule is Cc1ccc(Sc2nc(C)nc3sccc23)cc1. The van der Waals surface area contributed by atoms with Gasteiger partial charge in [0, 0.05) is 10.3 Å². The van der Waals surface area contributed by atoms with Crippen LogP contribution >= 0.6 is 23.1 Å². The van der Waals surface area contributed by atoms with Gasteiger partial charge in [0.25, 0.3) is 0 Å². The maximum absolute atomic E-state index is 4.55. The normalized spacial score (nSPS) is 11.0. The van der Waals surface area contributed by atoms with Gasteiger partial charge in [0.1, 0.15) is 15.7 Å². The fourth-order valence-electron chi connectivity index (χ4n) is 1.73. The minimum absolute atomic E-state index is 0.833. The fraction of sp³-hybridized carbons (Fsp3) is 0.143. The third-order valence-corrected chi connectivity index (χ3v) is 4.46. The van der Waals surface area contributed by atoms with E-state index in [1.54, 1.807) is 23.1 Å². The van der Waals surface area contributed by atoms with Gasteiger partial charge in [-0.2, -0.15) is 0 Å². The summed E-state index contributed by atoms with van der Waals surface area (Å²) in [6, 6.07) is 10.6. The van der Waals surface area contributed by atoms with Crippen molar-refractivity contribution in [3.63, 3.8) is 0 Å². The highest BCUT2D eigenvalue weighted by Gasteiger charge is 2.08. The summed E-state index contributed by atoms with van der Waals surface area (Å²) in [6.45, 7) is 4.04. The number of aromatic nitrogens is 2. The molecule has 0 spiro atoms. The van der Waals surface area contributed by atoms with Crippen molar-refractivity contribution in [3.05, 3.63) is 47.1 Å². The molecule has 90 valence electrons. The molecule has 0 saturated carbocycles. The van der Waals surface area contributed by atoms with E-state index in [0.717, 1.165) is 21.1 Å². The number of rotatable bonds is 2. The minimum Gasteiger partial charge on any atom is -0.226 e. The van der Waals surface area contributed by atoms with Crippen LogP contribution in [0, 0.1) is 13.8 Å². The summed E-state index contributed by atoms with van der Waals surface area (Å²) in [5, 5.41) is 4.26. The molecule has 3 aromatic rings. The van der Waals surface area contributed by atoms with Crippen molar-refractivity contribution in [2.75, 3.05) is 0 Å². The molecule has 18 heavy (non-hydrogen) atoms. The zero-order valence-electron chi connectivity index (χ0n) is 10.2. The number of thiophene rings is 1. The largest absolute Gasteiger partial charge is 0.226 e. The summed E-state index contributed by atoms with van der Waals surface area (Å²) >= 11 is 3.36. The van der Waals surface area contributed by atoms with Crippen LogP contribution in [0.4, 0.5) is 0 Å². The van der Waals surface area contributed by atoms with E-state index in [0.29, 0.717) is 0 Å². The second-order valence-corrected chi connectivity index (χ2v) is 6.09. The van der Waals surface area contributed by atoms with Gasteiger partial charge in [0.15, 0.2) is 0 Å². The van der Waals surface area contributed by atoms with E-state index in [1.807, 2.05) is 6.92 Å². The molecule has 0 N–H and O–H groups in total. The Balaban J connectivity index is 2.03. The predicted octanol–water partition coefficient (Wildman–Crippen LogP) is 4.46. The zero-order chi connectivity index (χ0) is 12.5. The first kappa shape index (κ1) is 11.7. The molecule has 0 radical (unpaired) electrons. The van der Waals surface area contributed by atoms with Gasteiger partial charge in [-0.1, -0.05) is 29.5 Å². The Kier molecular flexibility index (Phi) is 3.06. The van der Waals surface area contributed by atoms with Crippen molar-refractivity contribution in [3.8, 4) is 0 Å². The first-order chi connectivity index (χ1) is 8.72. The van der Waals surface area contributed by atoms with Gasteiger partial charge in [-0.05, 0) is 37.4 Å². The van der Waals surface area contributed by atoms with Gasteiger partial charge in [-0.3, -0.25) is 0 Å². The Bertz CT molecular complexity index is 687. The molecule has 0 saturated heterocycles. The van der Waals surface area contributed by atoms with Crippen LogP contribution in [0.5, 0.6) is 0 Å². The lowest BCUT2D eigenvalue weighted by Gasteiger charge is -2.04. The van der Waals surface area contributed by atoms with Crippen molar-refractivity contribution in [2.45, 2.75) is 23.8 Å². The van der Waals surface area contributed by atoms with Crippen molar-refractivity contribution in [2.24, 2.45) is 0 Å². The zero-order valence-corrected chi connectivity index (χ0v) is 11.8. The van der Waals surface area contributed by atoms with E-state index in [-0.39, 0.29) is 0 Å². The average Bonchev–Trinajstić information content (AvgIpc) is 2.80. The number of aryl methyl sites for hydroxylation is 2. The van der Waals surface area contributed by atoms with E-state index in [9.17, 15) is 0 Å². The summed E-state index contributed by atoms with van der Waals surface area (Å²) in [7, 11) is 0. The Labute approximate surface area is 114 Å². The van der Waals surface area contributed by atoms with Crippen LogP contribution in [0.3, 0.4) is 0 Å². The highest BCUT2D eigenvalue weighted by molar-refractivity contribution is 7.99. The topological polar surface area (TPSA) is 25.8 Å². The number of hydrogen-bond donors (Lipinski definition) is 0. The molecule has 1 aromatic carbocycles. The second-order valence-electron chi connectivity index (χ2n) is 4.13. The van der Waals surface area contributed by atoms with Crippen LogP contribution in [-0.2, 0) is 0 Å². The maximum atomic E-state index is 4.55. The van der Waals surface area contributed by atoms with Crippen LogP contribution in [0.2, 0.25) is 0 Å². The smallest absolute Gasteiger partial charge is 0.128 e. The maximum Gasteiger partial charge on any atom is 0.128 e. The van der Waals surface area contributed by atoms with Gasteiger partial charge < -0.3 is 0 Å². The lowest BCUT2D eigenvalue weighted by Crippen LogP contribution is -1.89. The molecule has 2 heterocycles. The van der Waals surface area contributed by atoms with E-state index >= 15 is 0 Å². The number of benzene rings is 1. The summed E-state index contributed by atoms with van der Waals surface area (Å²) < 4.78 is 0. The number of nitrogens with zero attached hydrogens (tertiary/aromatic N) is 2. The van der Waals surface area contributed by atoms with Crippen molar-refractivity contribution in [1.29, 1.82) is 0 Å². The van der Waals surface area contributed by atoms with E-state index < -0.39 is 0 Å². The molecule has 0 bridgehead atoms. The Morgan fingerprint density at radius 2 is 1.78 bits per heavy atom. The lowest BCUT2D eigenvalue weighted by molar-refractivity contribution is 1.02. The van der Waals surface area contributed by atoms with Gasteiger partial charge in [0.2, 0.25) is 0 Å². The van der Waals surface area contributed by atoms with E-state index in [2.05, 4.69) is 52.6 Å². The van der Waals surface area contributed by atoms with Gasteiger partial charge >= 0.3 is 0 Å². The van der Waals surface area contributed by atoms with Crippen LogP contribution in [0.1, 0.15) is 11.4 Å². The van der Waals surface area contributed by atoms with Crippen molar-refractivity contribution in [1.82, 2.24) is 9.97 Å². The molecule has 0 aliphatic heterocycles. The number of fused-ring (bicyclic) bond motifs is 1. The second kappa shape index (κ2) is 4.71. The molecule has 0 atom stereocenters. The lowest BCUT2D eigenvalue weighted by atomic mass is 10.2. The third kappa shape index (κ3) is 2.26. The van der Waals surface area contributed by atoms with E-state index in [4.69, 9.17) is 0 Å². The standard InChI is InChI=1S/C14H12N2S2/c1-9-3-5-11(6-4-9)18-14-12-7-8-17-13(12)15-10(2)16-14/h3-8H,1-2H3.